The van der Waals surface area contributed by atoms with Gasteiger partial charge in [-0.1, -0.05) is 18.9 Å². The molecule has 1 aliphatic carbocycles. The van der Waals surface area contributed by atoms with E-state index in [1.807, 2.05) is 39.0 Å². The topological polar surface area (TPSA) is 97.0 Å². The molecule has 1 aromatic carbocycles. The molecule has 170 valence electrons. The Kier molecular flexibility index (Phi) is 7.41. The summed E-state index contributed by atoms with van der Waals surface area (Å²) in [7, 11) is 0. The first kappa shape index (κ1) is 22.9. The third-order valence-corrected chi connectivity index (χ3v) is 5.93. The number of benzene rings is 1. The molecule has 2 fully saturated rings. The molecule has 2 aliphatic rings. The van der Waals surface area contributed by atoms with E-state index in [9.17, 15) is 14.4 Å². The van der Waals surface area contributed by atoms with E-state index >= 15 is 0 Å². The summed E-state index contributed by atoms with van der Waals surface area (Å²) in [6.07, 6.45) is 3.99. The fourth-order valence-electron chi connectivity index (χ4n) is 4.33. The second-order valence-corrected chi connectivity index (χ2v) is 8.14. The molecule has 8 nitrogen and oxygen atoms in total. The van der Waals surface area contributed by atoms with Crippen LogP contribution in [-0.4, -0.2) is 48.0 Å². The highest BCUT2D eigenvalue weighted by Crippen LogP contribution is 2.35. The maximum Gasteiger partial charge on any atom is 0.325 e. The van der Waals surface area contributed by atoms with Crippen LogP contribution in [0.3, 0.4) is 0 Å². The Morgan fingerprint density at radius 3 is 2.52 bits per heavy atom. The lowest BCUT2D eigenvalue weighted by Gasteiger charge is -2.20. The Morgan fingerprint density at radius 1 is 1.16 bits per heavy atom. The van der Waals surface area contributed by atoms with Crippen molar-refractivity contribution in [2.75, 3.05) is 19.8 Å². The first-order valence-corrected chi connectivity index (χ1v) is 11.2. The molecule has 2 N–H and O–H groups in total. The highest BCUT2D eigenvalue weighted by atomic mass is 16.5. The number of nitrogens with one attached hydrogen (secondary N) is 2. The summed E-state index contributed by atoms with van der Waals surface area (Å²) in [5.74, 6) is 1.08. The predicted molar refractivity (Wildman–Crippen MR) is 116 cm³/mol. The van der Waals surface area contributed by atoms with Crippen molar-refractivity contribution in [3.05, 3.63) is 23.8 Å². The SMILES string of the molecule is CCOc1ccc([C@H](C)NC(=O)CCCN2C(=O)NC3(CCCC3)C2=O)cc1OCC. The van der Waals surface area contributed by atoms with Crippen LogP contribution in [0.2, 0.25) is 0 Å². The lowest BCUT2D eigenvalue weighted by Crippen LogP contribution is -2.44. The number of carbonyl (C=O) groups excluding carboxylic acids is 3. The molecule has 1 spiro atoms. The molecule has 1 heterocycles. The normalized spacial score (nSPS) is 18.2. The molecule has 1 saturated heterocycles. The average molecular weight is 432 g/mol. The highest BCUT2D eigenvalue weighted by Gasteiger charge is 2.52. The van der Waals surface area contributed by atoms with Gasteiger partial charge >= 0.3 is 6.03 Å². The van der Waals surface area contributed by atoms with E-state index in [-0.39, 0.29) is 36.9 Å². The van der Waals surface area contributed by atoms with Gasteiger partial charge in [-0.05, 0) is 57.7 Å². The third-order valence-electron chi connectivity index (χ3n) is 5.93. The summed E-state index contributed by atoms with van der Waals surface area (Å²) in [6.45, 7) is 7.06. The van der Waals surface area contributed by atoms with Crippen LogP contribution in [-0.2, 0) is 9.59 Å². The average Bonchev–Trinajstić information content (AvgIpc) is 3.29. The minimum Gasteiger partial charge on any atom is -0.490 e. The molecule has 1 saturated carbocycles. The van der Waals surface area contributed by atoms with Gasteiger partial charge in [0.2, 0.25) is 5.91 Å². The largest absolute Gasteiger partial charge is 0.490 e. The van der Waals surface area contributed by atoms with Crippen molar-refractivity contribution in [3.8, 4) is 11.5 Å². The maximum absolute atomic E-state index is 12.7. The van der Waals surface area contributed by atoms with Crippen molar-refractivity contribution in [3.63, 3.8) is 0 Å². The molecule has 31 heavy (non-hydrogen) atoms. The van der Waals surface area contributed by atoms with E-state index in [2.05, 4.69) is 10.6 Å². The van der Waals surface area contributed by atoms with Gasteiger partial charge in [0, 0.05) is 13.0 Å². The molecule has 0 unspecified atom stereocenters. The zero-order chi connectivity index (χ0) is 22.4. The van der Waals surface area contributed by atoms with Crippen LogP contribution in [0.4, 0.5) is 4.79 Å². The number of rotatable bonds is 10. The highest BCUT2D eigenvalue weighted by molar-refractivity contribution is 6.07. The molecule has 0 bridgehead atoms. The van der Waals surface area contributed by atoms with Gasteiger partial charge in [-0.3, -0.25) is 14.5 Å². The zero-order valence-electron chi connectivity index (χ0n) is 18.7. The van der Waals surface area contributed by atoms with E-state index in [1.165, 1.54) is 4.90 Å². The lowest BCUT2D eigenvalue weighted by molar-refractivity contribution is -0.131. The number of hydrogen-bond donors (Lipinski definition) is 2. The van der Waals surface area contributed by atoms with Crippen LogP contribution in [0.1, 0.15) is 70.9 Å². The van der Waals surface area contributed by atoms with Gasteiger partial charge < -0.3 is 20.1 Å². The predicted octanol–water partition coefficient (Wildman–Crippen LogP) is 3.31. The van der Waals surface area contributed by atoms with Gasteiger partial charge in [-0.25, -0.2) is 4.79 Å². The van der Waals surface area contributed by atoms with Crippen LogP contribution in [0.15, 0.2) is 18.2 Å². The Hall–Kier alpha value is -2.77. The van der Waals surface area contributed by atoms with E-state index in [1.54, 1.807) is 0 Å². The molecule has 1 atom stereocenters. The quantitative estimate of drug-likeness (QED) is 0.554. The minimum atomic E-state index is -0.695. The molecule has 8 heteroatoms. The third kappa shape index (κ3) is 5.11. The Labute approximate surface area is 183 Å². The summed E-state index contributed by atoms with van der Waals surface area (Å²) in [4.78, 5) is 38.6. The first-order chi connectivity index (χ1) is 14.9. The van der Waals surface area contributed by atoms with Crippen molar-refractivity contribution in [2.45, 2.75) is 70.9 Å². The molecule has 1 aromatic rings. The molecule has 4 amide bonds. The lowest BCUT2D eigenvalue weighted by atomic mass is 9.98. The van der Waals surface area contributed by atoms with Crippen LogP contribution >= 0.6 is 0 Å². The van der Waals surface area contributed by atoms with Crippen LogP contribution in [0.25, 0.3) is 0 Å². The van der Waals surface area contributed by atoms with Crippen LogP contribution in [0, 0.1) is 0 Å². The smallest absolute Gasteiger partial charge is 0.325 e. The number of hydrogen-bond acceptors (Lipinski definition) is 5. The minimum absolute atomic E-state index is 0.123. The number of amides is 4. The Bertz CT molecular complexity index is 819. The maximum atomic E-state index is 12.7. The number of imide groups is 1. The van der Waals surface area contributed by atoms with E-state index in [0.717, 1.165) is 18.4 Å². The Balaban J connectivity index is 1.50. The number of nitrogens with zero attached hydrogens (tertiary/aromatic N) is 1. The van der Waals surface area contributed by atoms with Crippen molar-refractivity contribution < 1.29 is 23.9 Å². The summed E-state index contributed by atoms with van der Waals surface area (Å²) < 4.78 is 11.2. The van der Waals surface area contributed by atoms with Crippen molar-refractivity contribution in [1.29, 1.82) is 0 Å². The fraction of sp³-hybridized carbons (Fsp3) is 0.609. The molecule has 3 rings (SSSR count). The van der Waals surface area contributed by atoms with E-state index < -0.39 is 5.54 Å². The summed E-state index contributed by atoms with van der Waals surface area (Å²) in [5.41, 5.74) is 0.220. The number of urea groups is 1. The molecule has 0 radical (unpaired) electrons. The summed E-state index contributed by atoms with van der Waals surface area (Å²) >= 11 is 0. The summed E-state index contributed by atoms with van der Waals surface area (Å²) in [5, 5.41) is 5.84. The van der Waals surface area contributed by atoms with E-state index in [0.29, 0.717) is 44.0 Å². The molecular formula is C23H33N3O5. The number of ether oxygens (including phenoxy) is 2. The van der Waals surface area contributed by atoms with Gasteiger partial charge in [0.25, 0.3) is 5.91 Å². The van der Waals surface area contributed by atoms with Gasteiger partial charge in [0.1, 0.15) is 5.54 Å². The van der Waals surface area contributed by atoms with E-state index in [4.69, 9.17) is 9.47 Å². The van der Waals surface area contributed by atoms with Crippen LogP contribution in [0.5, 0.6) is 11.5 Å². The monoisotopic (exact) mass is 431 g/mol. The second kappa shape index (κ2) is 10.0. The fourth-order valence-corrected chi connectivity index (χ4v) is 4.33. The molecular weight excluding hydrogens is 398 g/mol. The first-order valence-electron chi connectivity index (χ1n) is 11.2. The van der Waals surface area contributed by atoms with Gasteiger partial charge in [0.05, 0.1) is 19.3 Å². The zero-order valence-corrected chi connectivity index (χ0v) is 18.7. The summed E-state index contributed by atoms with van der Waals surface area (Å²) in [6, 6.07) is 5.10. The van der Waals surface area contributed by atoms with Gasteiger partial charge in [0.15, 0.2) is 11.5 Å². The van der Waals surface area contributed by atoms with Crippen molar-refractivity contribution in [2.24, 2.45) is 0 Å². The second-order valence-electron chi connectivity index (χ2n) is 8.14. The van der Waals surface area contributed by atoms with Crippen molar-refractivity contribution >= 4 is 17.8 Å². The van der Waals surface area contributed by atoms with Crippen molar-refractivity contribution in [1.82, 2.24) is 15.5 Å². The Morgan fingerprint density at radius 2 is 1.84 bits per heavy atom. The van der Waals surface area contributed by atoms with Gasteiger partial charge in [-0.15, -0.1) is 0 Å². The number of carbonyl (C=O) groups is 3. The molecule has 0 aromatic heterocycles. The van der Waals surface area contributed by atoms with Crippen LogP contribution < -0.4 is 20.1 Å². The molecule has 1 aliphatic heterocycles. The standard InChI is InChI=1S/C23H33N3O5/c1-4-30-18-11-10-17(15-19(18)31-5-2)16(3)24-20(27)9-8-14-26-21(28)23(25-22(26)29)12-6-7-13-23/h10-11,15-16H,4-9,12-14H2,1-3H3,(H,24,27)(H,25,29)/t16-/m0/s1. The van der Waals surface area contributed by atoms with Gasteiger partial charge in [-0.2, -0.15) is 0 Å².